The van der Waals surface area contributed by atoms with Gasteiger partial charge >= 0.3 is 0 Å². The molecule has 0 aliphatic rings. The fourth-order valence-corrected chi connectivity index (χ4v) is 4.54. The molecule has 0 fully saturated rings. The first-order chi connectivity index (χ1) is 12.8. The predicted molar refractivity (Wildman–Crippen MR) is 103 cm³/mol. The highest BCUT2D eigenvalue weighted by atomic mass is 35.5. The summed E-state index contributed by atoms with van der Waals surface area (Å²) in [4.78, 5) is 5.32. The maximum absolute atomic E-state index is 5.91. The van der Waals surface area contributed by atoms with E-state index in [1.807, 2.05) is 24.3 Å². The summed E-state index contributed by atoms with van der Waals surface area (Å²) in [6.07, 6.45) is 0. The van der Waals surface area contributed by atoms with E-state index in [-0.39, 0.29) is 0 Å². The van der Waals surface area contributed by atoms with Crippen molar-refractivity contribution < 1.29 is 4.52 Å². The fourth-order valence-electron chi connectivity index (χ4n) is 2.60. The molecule has 0 amide bonds. The van der Waals surface area contributed by atoms with Crippen molar-refractivity contribution in [3.63, 3.8) is 0 Å². The Morgan fingerprint density at radius 1 is 1.08 bits per heavy atom. The molecule has 0 saturated heterocycles. The third kappa shape index (κ3) is 2.76. The van der Waals surface area contributed by atoms with Gasteiger partial charge < -0.3 is 4.52 Å². The quantitative estimate of drug-likeness (QED) is 0.399. The first-order valence-corrected chi connectivity index (χ1v) is 9.90. The Morgan fingerprint density at radius 3 is 2.81 bits per heavy atom. The summed E-state index contributed by atoms with van der Waals surface area (Å²) in [7, 11) is 0. The van der Waals surface area contributed by atoms with Crippen LogP contribution >= 0.6 is 34.7 Å². The summed E-state index contributed by atoms with van der Waals surface area (Å²) in [5, 5.41) is 14.1. The van der Waals surface area contributed by atoms with Crippen LogP contribution in [-0.2, 0) is 5.75 Å². The topological polar surface area (TPSA) is 69.1 Å². The van der Waals surface area contributed by atoms with Crippen molar-refractivity contribution in [1.29, 1.82) is 0 Å². The van der Waals surface area contributed by atoms with Crippen LogP contribution < -0.4 is 0 Å². The van der Waals surface area contributed by atoms with E-state index in [4.69, 9.17) is 16.1 Å². The van der Waals surface area contributed by atoms with Crippen molar-refractivity contribution in [2.45, 2.75) is 10.9 Å². The minimum atomic E-state index is 0.519. The number of hydrogen-bond donors (Lipinski definition) is 0. The molecular weight excluding hydrogens is 390 g/mol. The second kappa shape index (κ2) is 6.39. The van der Waals surface area contributed by atoms with Gasteiger partial charge in [-0.3, -0.25) is 4.40 Å². The second-order valence-electron chi connectivity index (χ2n) is 5.48. The maximum Gasteiger partial charge on any atom is 0.237 e. The van der Waals surface area contributed by atoms with Gasteiger partial charge in [0.2, 0.25) is 16.7 Å². The molecule has 26 heavy (non-hydrogen) atoms. The molecule has 0 spiro atoms. The van der Waals surface area contributed by atoms with Crippen LogP contribution in [0.4, 0.5) is 0 Å². The molecule has 0 saturated carbocycles. The first-order valence-electron chi connectivity index (χ1n) is 7.72. The van der Waals surface area contributed by atoms with Crippen molar-refractivity contribution in [3.05, 3.63) is 59.4 Å². The zero-order valence-corrected chi connectivity index (χ0v) is 15.6. The number of fused-ring (bicyclic) bond motifs is 3. The molecule has 5 rings (SSSR count). The fraction of sp³-hybridized carbons (Fsp3) is 0.0588. The molecule has 6 nitrogen and oxygen atoms in total. The molecule has 0 unspecified atom stereocenters. The monoisotopic (exact) mass is 399 g/mol. The Balaban J connectivity index is 1.40. The van der Waals surface area contributed by atoms with Gasteiger partial charge in [-0.25, -0.2) is 0 Å². The zero-order chi connectivity index (χ0) is 17.5. The van der Waals surface area contributed by atoms with Crippen LogP contribution in [0.25, 0.3) is 26.6 Å². The summed E-state index contributed by atoms with van der Waals surface area (Å²) in [6.45, 7) is 0. The van der Waals surface area contributed by atoms with Gasteiger partial charge in [0.05, 0.1) is 16.0 Å². The Morgan fingerprint density at radius 2 is 1.92 bits per heavy atom. The molecule has 3 aromatic heterocycles. The lowest BCUT2D eigenvalue weighted by molar-refractivity contribution is 0.391. The van der Waals surface area contributed by atoms with E-state index in [2.05, 4.69) is 36.9 Å². The highest BCUT2D eigenvalue weighted by molar-refractivity contribution is 7.98. The number of halogens is 1. The normalized spacial score (nSPS) is 11.6. The summed E-state index contributed by atoms with van der Waals surface area (Å²) < 4.78 is 8.60. The second-order valence-corrected chi connectivity index (χ2v) is 7.87. The van der Waals surface area contributed by atoms with E-state index in [0.717, 1.165) is 21.2 Å². The molecular formula is C17H10ClN5OS2. The van der Waals surface area contributed by atoms with E-state index in [9.17, 15) is 0 Å². The van der Waals surface area contributed by atoms with Crippen molar-refractivity contribution in [1.82, 2.24) is 24.7 Å². The lowest BCUT2D eigenvalue weighted by Crippen LogP contribution is -1.87. The van der Waals surface area contributed by atoms with Crippen molar-refractivity contribution in [2.75, 3.05) is 0 Å². The summed E-state index contributed by atoms with van der Waals surface area (Å²) in [6, 6.07) is 15.5. The van der Waals surface area contributed by atoms with Crippen molar-refractivity contribution in [3.8, 4) is 11.4 Å². The molecule has 5 aromatic rings. The molecule has 128 valence electrons. The van der Waals surface area contributed by atoms with Gasteiger partial charge in [-0.2, -0.15) is 4.98 Å². The number of rotatable bonds is 4. The molecule has 0 atom stereocenters. The van der Waals surface area contributed by atoms with Gasteiger partial charge in [-0.05, 0) is 36.4 Å². The molecule has 9 heteroatoms. The summed E-state index contributed by atoms with van der Waals surface area (Å²) >= 11 is 9.05. The number of thioether (sulfide) groups is 1. The average Bonchev–Trinajstić information content (AvgIpc) is 3.36. The molecule has 0 bridgehead atoms. The third-order valence-corrected chi connectivity index (χ3v) is 5.98. The van der Waals surface area contributed by atoms with Gasteiger partial charge in [0.25, 0.3) is 0 Å². The Bertz CT molecular complexity index is 1210. The summed E-state index contributed by atoms with van der Waals surface area (Å²) in [5.41, 5.74) is 1.97. The Labute approximate surface area is 160 Å². The maximum atomic E-state index is 5.91. The van der Waals surface area contributed by atoms with E-state index in [1.54, 1.807) is 23.5 Å². The lowest BCUT2D eigenvalue weighted by Gasteiger charge is -1.96. The Kier molecular flexibility index (Phi) is 3.88. The molecule has 0 radical (unpaired) electrons. The van der Waals surface area contributed by atoms with E-state index < -0.39 is 0 Å². The molecule has 0 aliphatic heterocycles. The largest absolute Gasteiger partial charge is 0.338 e. The highest BCUT2D eigenvalue weighted by Crippen LogP contribution is 2.30. The van der Waals surface area contributed by atoms with Gasteiger partial charge in [0.1, 0.15) is 0 Å². The van der Waals surface area contributed by atoms with Crippen LogP contribution in [0.1, 0.15) is 5.89 Å². The number of para-hydroxylation sites is 1. The van der Waals surface area contributed by atoms with Crippen LogP contribution in [0.2, 0.25) is 5.02 Å². The first kappa shape index (κ1) is 15.8. The van der Waals surface area contributed by atoms with Gasteiger partial charge in [-0.15, -0.1) is 10.2 Å². The number of nitrogens with zero attached hydrogens (tertiary/aromatic N) is 5. The van der Waals surface area contributed by atoms with Crippen molar-refractivity contribution >= 4 is 49.9 Å². The average molecular weight is 400 g/mol. The third-order valence-electron chi connectivity index (χ3n) is 3.81. The van der Waals surface area contributed by atoms with Gasteiger partial charge in [-0.1, -0.05) is 52.0 Å². The van der Waals surface area contributed by atoms with E-state index in [0.29, 0.717) is 22.5 Å². The Hall–Kier alpha value is -2.42. The lowest BCUT2D eigenvalue weighted by atomic mass is 10.2. The van der Waals surface area contributed by atoms with Gasteiger partial charge in [0, 0.05) is 10.6 Å². The van der Waals surface area contributed by atoms with Crippen LogP contribution in [-0.4, -0.2) is 24.7 Å². The highest BCUT2D eigenvalue weighted by Gasteiger charge is 2.15. The standard InChI is InChI=1S/C17H10ClN5OS2/c18-11-7-5-10(6-8-11)15-19-14(24-22-15)9-25-16-20-21-17-23(16)12-3-1-2-4-13(12)26-17/h1-8H,9H2. The molecule has 2 aromatic carbocycles. The van der Waals surface area contributed by atoms with E-state index in [1.165, 1.54) is 16.5 Å². The molecule has 0 aliphatic carbocycles. The number of thiazole rings is 1. The number of benzene rings is 2. The summed E-state index contributed by atoms with van der Waals surface area (Å²) in [5.74, 6) is 1.60. The molecule has 3 heterocycles. The van der Waals surface area contributed by atoms with Crippen molar-refractivity contribution in [2.24, 2.45) is 0 Å². The van der Waals surface area contributed by atoms with Crippen LogP contribution in [0.5, 0.6) is 0 Å². The predicted octanol–water partition coefficient (Wildman–Crippen LogP) is 4.94. The number of aromatic nitrogens is 5. The number of hydrogen-bond acceptors (Lipinski definition) is 7. The van der Waals surface area contributed by atoms with Gasteiger partial charge in [0.15, 0.2) is 5.16 Å². The van der Waals surface area contributed by atoms with Crippen LogP contribution in [0, 0.1) is 0 Å². The smallest absolute Gasteiger partial charge is 0.237 e. The molecule has 0 N–H and O–H groups in total. The van der Waals surface area contributed by atoms with E-state index >= 15 is 0 Å². The van der Waals surface area contributed by atoms with Crippen LogP contribution in [0.3, 0.4) is 0 Å². The SMILES string of the molecule is Clc1ccc(-c2noc(CSc3nnc4sc5ccccc5n34)n2)cc1. The minimum Gasteiger partial charge on any atom is -0.338 e. The zero-order valence-electron chi connectivity index (χ0n) is 13.2. The van der Waals surface area contributed by atoms with Crippen LogP contribution in [0.15, 0.2) is 58.2 Å². The minimum absolute atomic E-state index is 0.519.